The number of nitrogens with zero attached hydrogens (tertiary/aromatic N) is 2. The Labute approximate surface area is 243 Å². The summed E-state index contributed by atoms with van der Waals surface area (Å²) in [6, 6.07) is 14.3. The highest BCUT2D eigenvalue weighted by Gasteiger charge is 2.38. The number of non-ortho nitro benzene ring substituents is 1. The van der Waals surface area contributed by atoms with Crippen LogP contribution in [0.3, 0.4) is 0 Å². The summed E-state index contributed by atoms with van der Waals surface area (Å²) in [7, 11) is 0. The third-order valence-corrected chi connectivity index (χ3v) is 6.84. The molecule has 0 radical (unpaired) electrons. The van der Waals surface area contributed by atoms with Crippen molar-refractivity contribution in [2.75, 3.05) is 19.8 Å². The van der Waals surface area contributed by atoms with Crippen LogP contribution in [0.4, 0.5) is 5.69 Å². The number of allylic oxidation sites excluding steroid dienone is 2. The molecule has 222 valence electrons. The van der Waals surface area contributed by atoms with Crippen molar-refractivity contribution in [1.82, 2.24) is 10.6 Å². The minimum absolute atomic E-state index is 0.0233. The lowest BCUT2D eigenvalue weighted by Crippen LogP contribution is -2.45. The van der Waals surface area contributed by atoms with Crippen LogP contribution < -0.4 is 15.4 Å². The van der Waals surface area contributed by atoms with Crippen molar-refractivity contribution < 1.29 is 34.2 Å². The second-order valence-electron chi connectivity index (χ2n) is 10.5. The molecule has 0 saturated heterocycles. The average Bonchev–Trinajstić information content (AvgIpc) is 2.94. The summed E-state index contributed by atoms with van der Waals surface area (Å²) >= 11 is 0. The maximum atomic E-state index is 13.3. The summed E-state index contributed by atoms with van der Waals surface area (Å²) in [4.78, 5) is 36.3. The summed E-state index contributed by atoms with van der Waals surface area (Å²) in [5.41, 5.74) is 0.500. The Morgan fingerprint density at radius 1 is 1.17 bits per heavy atom. The van der Waals surface area contributed by atoms with E-state index >= 15 is 0 Å². The number of nitro benzene ring substituents is 1. The predicted octanol–water partition coefficient (Wildman–Crippen LogP) is 3.53. The molecule has 0 bridgehead atoms. The number of carbonyl (C=O) groups is 2. The van der Waals surface area contributed by atoms with Gasteiger partial charge in [-0.25, -0.2) is 9.59 Å². The molecule has 0 fully saturated rings. The van der Waals surface area contributed by atoms with E-state index in [4.69, 9.17) is 14.7 Å². The summed E-state index contributed by atoms with van der Waals surface area (Å²) in [6.07, 6.45) is -0.522. The molecule has 4 N–H and O–H groups in total. The summed E-state index contributed by atoms with van der Waals surface area (Å²) < 4.78 is 11.1. The highest BCUT2D eigenvalue weighted by molar-refractivity contribution is 5.99. The smallest absolute Gasteiger partial charge is 0.336 e. The minimum Gasteiger partial charge on any atom is -0.489 e. The van der Waals surface area contributed by atoms with Gasteiger partial charge in [-0.05, 0) is 51.8 Å². The Balaban J connectivity index is 1.64. The fourth-order valence-electron chi connectivity index (χ4n) is 4.59. The van der Waals surface area contributed by atoms with Gasteiger partial charge < -0.3 is 30.3 Å². The van der Waals surface area contributed by atoms with Gasteiger partial charge in [0, 0.05) is 35.6 Å². The summed E-state index contributed by atoms with van der Waals surface area (Å²) in [6.45, 7) is 7.03. The van der Waals surface area contributed by atoms with Crippen molar-refractivity contribution >= 4 is 17.6 Å². The van der Waals surface area contributed by atoms with Crippen LogP contribution in [0.2, 0.25) is 0 Å². The van der Waals surface area contributed by atoms with Gasteiger partial charge in [0.05, 0.1) is 34.2 Å². The molecule has 2 atom stereocenters. The van der Waals surface area contributed by atoms with Crippen LogP contribution in [0.15, 0.2) is 71.1 Å². The maximum absolute atomic E-state index is 13.3. The highest BCUT2D eigenvalue weighted by atomic mass is 16.6. The zero-order chi connectivity index (χ0) is 31.0. The lowest BCUT2D eigenvalue weighted by molar-refractivity contribution is -0.384. The first-order valence-electron chi connectivity index (χ1n) is 13.2. The van der Waals surface area contributed by atoms with E-state index in [1.807, 2.05) is 19.9 Å². The van der Waals surface area contributed by atoms with Gasteiger partial charge in [0.15, 0.2) is 0 Å². The van der Waals surface area contributed by atoms with Crippen LogP contribution in [-0.4, -0.2) is 58.5 Å². The Morgan fingerprint density at radius 3 is 2.52 bits per heavy atom. The Kier molecular flexibility index (Phi) is 10.4. The standard InChI is InChI=1S/C30H34N4O8/c1-18-25(28(36)37)27(20-9-7-10-22(14-20)34(39)40)26(19(2)33-18)29(38)41-13-12-30(3,4)32-16-23(35)17-42-24-11-6-5-8-21(24)15-31/h5-11,14,23,27,32-33,35H,12-13,16-17H2,1-4H3,(H,36,37). The Hall–Kier alpha value is -4.73. The summed E-state index contributed by atoms with van der Waals surface area (Å²) in [5, 5.41) is 47.0. The monoisotopic (exact) mass is 578 g/mol. The van der Waals surface area contributed by atoms with E-state index in [1.165, 1.54) is 18.2 Å². The molecule has 0 aromatic heterocycles. The Morgan fingerprint density at radius 2 is 1.86 bits per heavy atom. The van der Waals surface area contributed by atoms with E-state index < -0.39 is 34.4 Å². The molecule has 2 unspecified atom stereocenters. The molecule has 3 rings (SSSR count). The number of nitro groups is 1. The van der Waals surface area contributed by atoms with Crippen molar-refractivity contribution in [3.63, 3.8) is 0 Å². The van der Waals surface area contributed by atoms with Crippen molar-refractivity contribution in [1.29, 1.82) is 5.26 Å². The topological polar surface area (TPSA) is 184 Å². The van der Waals surface area contributed by atoms with Gasteiger partial charge in [-0.2, -0.15) is 5.26 Å². The number of aliphatic hydroxyl groups excluding tert-OH is 1. The van der Waals surface area contributed by atoms with E-state index in [9.17, 15) is 29.9 Å². The number of carboxylic acid groups (broad SMARTS) is 1. The molecule has 2 aromatic rings. The number of hydrogen-bond donors (Lipinski definition) is 4. The zero-order valence-corrected chi connectivity index (χ0v) is 23.8. The van der Waals surface area contributed by atoms with Gasteiger partial charge in [0.1, 0.15) is 24.5 Å². The van der Waals surface area contributed by atoms with E-state index in [-0.39, 0.29) is 42.2 Å². The molecule has 1 heterocycles. The third-order valence-electron chi connectivity index (χ3n) is 6.84. The molecular formula is C30H34N4O8. The van der Waals surface area contributed by atoms with Crippen molar-refractivity contribution in [2.45, 2.75) is 51.7 Å². The molecule has 12 nitrogen and oxygen atoms in total. The normalized spacial score (nSPS) is 15.9. The lowest BCUT2D eigenvalue weighted by atomic mass is 9.80. The molecule has 2 aromatic carbocycles. The van der Waals surface area contributed by atoms with Crippen molar-refractivity contribution in [3.05, 3.63) is 92.3 Å². The van der Waals surface area contributed by atoms with Gasteiger partial charge >= 0.3 is 11.9 Å². The van der Waals surface area contributed by atoms with Gasteiger partial charge in [-0.3, -0.25) is 10.1 Å². The molecule has 12 heteroatoms. The predicted molar refractivity (Wildman–Crippen MR) is 152 cm³/mol. The maximum Gasteiger partial charge on any atom is 0.336 e. The number of nitrogens with one attached hydrogen (secondary N) is 2. The number of benzene rings is 2. The summed E-state index contributed by atoms with van der Waals surface area (Å²) in [5.74, 6) is -2.71. The number of dihydropyridines is 1. The number of para-hydroxylation sites is 1. The number of carbonyl (C=O) groups excluding carboxylic acids is 1. The molecule has 0 aliphatic carbocycles. The molecule has 0 saturated carbocycles. The van der Waals surface area contributed by atoms with Crippen LogP contribution in [0.25, 0.3) is 0 Å². The van der Waals surface area contributed by atoms with E-state index in [1.54, 1.807) is 44.2 Å². The number of ether oxygens (including phenoxy) is 2. The second kappa shape index (κ2) is 13.8. The highest BCUT2D eigenvalue weighted by Crippen LogP contribution is 2.39. The number of aliphatic hydroxyl groups is 1. The lowest BCUT2D eigenvalue weighted by Gasteiger charge is -2.30. The van der Waals surface area contributed by atoms with Crippen LogP contribution in [0.1, 0.15) is 51.2 Å². The Bertz CT molecular complexity index is 1460. The number of β-amino-alcohol motifs (C(OH)–C–C–N with tert-alkyl or cyclic N) is 1. The fraction of sp³-hybridized carbons (Fsp3) is 0.367. The first-order valence-corrected chi connectivity index (χ1v) is 13.2. The zero-order valence-electron chi connectivity index (χ0n) is 23.8. The van der Waals surface area contributed by atoms with Gasteiger partial charge in [-0.1, -0.05) is 24.3 Å². The quantitative estimate of drug-likeness (QED) is 0.155. The first kappa shape index (κ1) is 31.8. The molecular weight excluding hydrogens is 544 g/mol. The molecule has 0 amide bonds. The second-order valence-corrected chi connectivity index (χ2v) is 10.5. The molecule has 1 aliphatic heterocycles. The van der Waals surface area contributed by atoms with Crippen LogP contribution >= 0.6 is 0 Å². The number of carboxylic acids is 1. The largest absolute Gasteiger partial charge is 0.489 e. The molecule has 42 heavy (non-hydrogen) atoms. The molecule has 1 aliphatic rings. The van der Waals surface area contributed by atoms with Crippen molar-refractivity contribution in [3.8, 4) is 11.8 Å². The third kappa shape index (κ3) is 7.93. The van der Waals surface area contributed by atoms with E-state index in [0.717, 1.165) is 0 Å². The van der Waals surface area contributed by atoms with Gasteiger partial charge in [0.2, 0.25) is 0 Å². The number of aliphatic carboxylic acids is 1. The van der Waals surface area contributed by atoms with Gasteiger partial charge in [0.25, 0.3) is 5.69 Å². The van der Waals surface area contributed by atoms with Gasteiger partial charge in [-0.15, -0.1) is 0 Å². The number of esters is 1. The van der Waals surface area contributed by atoms with E-state index in [0.29, 0.717) is 29.1 Å². The van der Waals surface area contributed by atoms with Crippen LogP contribution in [0.5, 0.6) is 5.75 Å². The van der Waals surface area contributed by atoms with E-state index in [2.05, 4.69) is 10.6 Å². The number of nitriles is 1. The number of rotatable bonds is 13. The van der Waals surface area contributed by atoms with Crippen LogP contribution in [0, 0.1) is 21.4 Å². The molecule has 0 spiro atoms. The average molecular weight is 579 g/mol. The minimum atomic E-state index is -1.27. The number of hydrogen-bond acceptors (Lipinski definition) is 10. The SMILES string of the molecule is CC1=C(C(=O)O)C(c2cccc([N+](=O)[O-])c2)C(C(=O)OCCC(C)(C)NCC(O)COc2ccccc2C#N)=C(C)N1. The van der Waals surface area contributed by atoms with Crippen LogP contribution in [-0.2, 0) is 14.3 Å². The van der Waals surface area contributed by atoms with Crippen molar-refractivity contribution in [2.24, 2.45) is 0 Å². The first-order chi connectivity index (χ1) is 19.8. The fourth-order valence-corrected chi connectivity index (χ4v) is 4.59.